The first-order valence-corrected chi connectivity index (χ1v) is 6.03. The number of nitrogens with zero attached hydrogens (tertiary/aromatic N) is 1. The molecule has 1 amide bonds. The predicted molar refractivity (Wildman–Crippen MR) is 71.3 cm³/mol. The number of rotatable bonds is 5. The Morgan fingerprint density at radius 3 is 2.78 bits per heavy atom. The van der Waals surface area contributed by atoms with Crippen molar-refractivity contribution in [2.75, 3.05) is 13.1 Å². The molecule has 1 rings (SSSR count). The van der Waals surface area contributed by atoms with Gasteiger partial charge in [-0.15, -0.1) is 0 Å². The summed E-state index contributed by atoms with van der Waals surface area (Å²) in [6.07, 6.45) is 1.70. The van der Waals surface area contributed by atoms with Crippen molar-refractivity contribution in [3.63, 3.8) is 0 Å². The summed E-state index contributed by atoms with van der Waals surface area (Å²) < 4.78 is 1.57. The Hall–Kier alpha value is -1.62. The molecule has 1 aromatic rings. The zero-order valence-corrected chi connectivity index (χ0v) is 11.2. The molecule has 100 valence electrons. The van der Waals surface area contributed by atoms with Gasteiger partial charge in [0.25, 0.3) is 5.56 Å². The summed E-state index contributed by atoms with van der Waals surface area (Å²) in [5.41, 5.74) is 5.32. The third-order valence-corrected chi connectivity index (χ3v) is 2.82. The predicted octanol–water partition coefficient (Wildman–Crippen LogP) is 0.258. The van der Waals surface area contributed by atoms with E-state index in [1.54, 1.807) is 23.8 Å². The summed E-state index contributed by atoms with van der Waals surface area (Å²) in [6.45, 7) is 6.60. The van der Waals surface area contributed by atoms with E-state index in [1.807, 2.05) is 19.9 Å². The molecule has 0 atom stereocenters. The van der Waals surface area contributed by atoms with Gasteiger partial charge in [-0.1, -0.05) is 6.07 Å². The normalized spacial score (nSPS) is 11.3. The van der Waals surface area contributed by atoms with E-state index in [0.717, 1.165) is 0 Å². The fraction of sp³-hybridized carbons (Fsp3) is 0.538. The van der Waals surface area contributed by atoms with Crippen LogP contribution in [0.3, 0.4) is 0 Å². The number of carbonyl (C=O) groups is 1. The standard InChI is InChI=1S/C13H21N3O2/c1-10-5-4-8-16(11(10)17)9-13(2,3)12(18)15-7-6-14/h4-5,8H,6-7,9,14H2,1-3H3,(H,15,18). The van der Waals surface area contributed by atoms with Crippen LogP contribution in [0.15, 0.2) is 23.1 Å². The maximum atomic E-state index is 11.9. The van der Waals surface area contributed by atoms with E-state index in [1.165, 1.54) is 0 Å². The second-order valence-corrected chi connectivity index (χ2v) is 5.05. The van der Waals surface area contributed by atoms with Crippen molar-refractivity contribution in [2.24, 2.45) is 11.1 Å². The van der Waals surface area contributed by atoms with Crippen LogP contribution in [0, 0.1) is 12.3 Å². The molecule has 0 bridgehead atoms. The molecule has 0 aromatic carbocycles. The molecule has 0 unspecified atom stereocenters. The molecule has 5 nitrogen and oxygen atoms in total. The summed E-state index contributed by atoms with van der Waals surface area (Å²) in [5.74, 6) is -0.0960. The molecule has 0 saturated carbocycles. The highest BCUT2D eigenvalue weighted by Gasteiger charge is 2.28. The second-order valence-electron chi connectivity index (χ2n) is 5.05. The molecule has 1 aromatic heterocycles. The van der Waals surface area contributed by atoms with Crippen molar-refractivity contribution in [2.45, 2.75) is 27.3 Å². The van der Waals surface area contributed by atoms with Gasteiger partial charge in [0, 0.05) is 31.4 Å². The second kappa shape index (κ2) is 5.82. The Labute approximate surface area is 107 Å². The number of aromatic nitrogens is 1. The number of aryl methyl sites for hydroxylation is 1. The van der Waals surface area contributed by atoms with Crippen LogP contribution in [-0.4, -0.2) is 23.6 Å². The molecule has 0 saturated heterocycles. The quantitative estimate of drug-likeness (QED) is 0.788. The highest BCUT2D eigenvalue weighted by molar-refractivity contribution is 5.81. The average Bonchev–Trinajstić information content (AvgIpc) is 2.31. The van der Waals surface area contributed by atoms with Gasteiger partial charge in [-0.2, -0.15) is 0 Å². The first-order chi connectivity index (χ1) is 8.38. The summed E-state index contributed by atoms with van der Waals surface area (Å²) in [6, 6.07) is 3.57. The summed E-state index contributed by atoms with van der Waals surface area (Å²) in [7, 11) is 0. The minimum atomic E-state index is -0.646. The first kappa shape index (κ1) is 14.4. The lowest BCUT2D eigenvalue weighted by molar-refractivity contribution is -0.130. The topological polar surface area (TPSA) is 77.1 Å². The van der Waals surface area contributed by atoms with E-state index < -0.39 is 5.41 Å². The maximum Gasteiger partial charge on any atom is 0.253 e. The molecular formula is C13H21N3O2. The molecule has 1 heterocycles. The van der Waals surface area contributed by atoms with E-state index in [2.05, 4.69) is 5.32 Å². The van der Waals surface area contributed by atoms with Crippen molar-refractivity contribution in [1.82, 2.24) is 9.88 Å². The number of hydrogen-bond donors (Lipinski definition) is 2. The zero-order chi connectivity index (χ0) is 13.8. The van der Waals surface area contributed by atoms with Crippen LogP contribution in [0.25, 0.3) is 0 Å². The van der Waals surface area contributed by atoms with E-state index in [-0.39, 0.29) is 11.5 Å². The van der Waals surface area contributed by atoms with Crippen LogP contribution in [0.2, 0.25) is 0 Å². The van der Waals surface area contributed by atoms with Crippen molar-refractivity contribution >= 4 is 5.91 Å². The molecule has 0 aliphatic heterocycles. The number of hydrogen-bond acceptors (Lipinski definition) is 3. The summed E-state index contributed by atoms with van der Waals surface area (Å²) in [5, 5.41) is 2.75. The third kappa shape index (κ3) is 3.43. The highest BCUT2D eigenvalue weighted by Crippen LogP contribution is 2.17. The molecule has 0 radical (unpaired) electrons. The Bertz CT molecular complexity index is 477. The fourth-order valence-electron chi connectivity index (χ4n) is 1.70. The van der Waals surface area contributed by atoms with Crippen LogP contribution < -0.4 is 16.6 Å². The lowest BCUT2D eigenvalue weighted by Gasteiger charge is -2.24. The molecule has 18 heavy (non-hydrogen) atoms. The largest absolute Gasteiger partial charge is 0.354 e. The van der Waals surface area contributed by atoms with E-state index in [4.69, 9.17) is 5.73 Å². The Morgan fingerprint density at radius 2 is 2.17 bits per heavy atom. The van der Waals surface area contributed by atoms with Gasteiger partial charge in [-0.3, -0.25) is 9.59 Å². The van der Waals surface area contributed by atoms with Gasteiger partial charge < -0.3 is 15.6 Å². The van der Waals surface area contributed by atoms with Crippen LogP contribution in [0.5, 0.6) is 0 Å². The molecular weight excluding hydrogens is 230 g/mol. The van der Waals surface area contributed by atoms with Gasteiger partial charge in [-0.25, -0.2) is 0 Å². The number of nitrogens with two attached hydrogens (primary N) is 1. The van der Waals surface area contributed by atoms with Gasteiger partial charge in [-0.05, 0) is 26.8 Å². The molecule has 0 aliphatic carbocycles. The van der Waals surface area contributed by atoms with Gasteiger partial charge in [0.15, 0.2) is 0 Å². The Kier molecular flexibility index (Phi) is 4.67. The highest BCUT2D eigenvalue weighted by atomic mass is 16.2. The molecule has 0 spiro atoms. The molecule has 0 fully saturated rings. The van der Waals surface area contributed by atoms with Crippen molar-refractivity contribution in [1.29, 1.82) is 0 Å². The van der Waals surface area contributed by atoms with E-state index in [0.29, 0.717) is 25.2 Å². The average molecular weight is 251 g/mol. The van der Waals surface area contributed by atoms with Crippen molar-refractivity contribution < 1.29 is 4.79 Å². The maximum absolute atomic E-state index is 11.9. The monoisotopic (exact) mass is 251 g/mol. The minimum absolute atomic E-state index is 0.0581. The fourth-order valence-corrected chi connectivity index (χ4v) is 1.70. The Morgan fingerprint density at radius 1 is 1.50 bits per heavy atom. The van der Waals surface area contributed by atoms with Crippen LogP contribution in [0.4, 0.5) is 0 Å². The van der Waals surface area contributed by atoms with Crippen molar-refractivity contribution in [3.8, 4) is 0 Å². The van der Waals surface area contributed by atoms with Crippen LogP contribution >= 0.6 is 0 Å². The van der Waals surface area contributed by atoms with Gasteiger partial charge >= 0.3 is 0 Å². The van der Waals surface area contributed by atoms with Gasteiger partial charge in [0.1, 0.15) is 0 Å². The Balaban J connectivity index is 2.85. The van der Waals surface area contributed by atoms with Crippen molar-refractivity contribution in [3.05, 3.63) is 34.2 Å². The molecule has 3 N–H and O–H groups in total. The summed E-state index contributed by atoms with van der Waals surface area (Å²) in [4.78, 5) is 23.8. The third-order valence-electron chi connectivity index (χ3n) is 2.82. The minimum Gasteiger partial charge on any atom is -0.354 e. The lowest BCUT2D eigenvalue weighted by atomic mass is 9.92. The van der Waals surface area contributed by atoms with Crippen LogP contribution in [-0.2, 0) is 11.3 Å². The molecule has 0 aliphatic rings. The smallest absolute Gasteiger partial charge is 0.253 e. The van der Waals surface area contributed by atoms with Crippen LogP contribution in [0.1, 0.15) is 19.4 Å². The van der Waals surface area contributed by atoms with Gasteiger partial charge in [0.2, 0.25) is 5.91 Å². The lowest BCUT2D eigenvalue weighted by Crippen LogP contribution is -2.43. The first-order valence-electron chi connectivity index (χ1n) is 6.03. The number of carbonyl (C=O) groups excluding carboxylic acids is 1. The zero-order valence-electron chi connectivity index (χ0n) is 11.2. The van der Waals surface area contributed by atoms with E-state index >= 15 is 0 Å². The number of amides is 1. The molecule has 5 heteroatoms. The van der Waals surface area contributed by atoms with E-state index in [9.17, 15) is 9.59 Å². The SMILES string of the molecule is Cc1cccn(CC(C)(C)C(=O)NCCN)c1=O. The summed E-state index contributed by atoms with van der Waals surface area (Å²) >= 11 is 0. The number of nitrogens with one attached hydrogen (secondary N) is 1. The number of pyridine rings is 1. The van der Waals surface area contributed by atoms with Gasteiger partial charge in [0.05, 0.1) is 5.41 Å².